The summed E-state index contributed by atoms with van der Waals surface area (Å²) in [5.74, 6) is -5.50. The molecule has 1 fully saturated rings. The minimum atomic E-state index is -5.08. The number of piperidine rings is 1. The Morgan fingerprint density at radius 1 is 1.42 bits per heavy atom. The maximum absolute atomic E-state index is 13.7. The number of nitrogens with zero attached hydrogens (tertiary/aromatic N) is 4. The monoisotopic (exact) mass is 382 g/mol. The van der Waals surface area contributed by atoms with Gasteiger partial charge in [-0.15, -0.1) is 10.2 Å². The lowest BCUT2D eigenvalue weighted by atomic mass is 9.94. The van der Waals surface area contributed by atoms with Crippen molar-refractivity contribution in [3.63, 3.8) is 0 Å². The van der Waals surface area contributed by atoms with E-state index in [4.69, 9.17) is 9.90 Å². The molecule has 2 aromatic rings. The zero-order valence-electron chi connectivity index (χ0n) is 13.2. The molecule has 3 rings (SSSR count). The maximum atomic E-state index is 13.7. The van der Waals surface area contributed by atoms with E-state index in [0.717, 1.165) is 0 Å². The minimum Gasteiger partial charge on any atom is -0.475 e. The predicted molar refractivity (Wildman–Crippen MR) is 78.9 cm³/mol. The van der Waals surface area contributed by atoms with E-state index in [1.54, 1.807) is 16.8 Å². The Kier molecular flexibility index (Phi) is 5.90. The molecule has 0 amide bonds. The van der Waals surface area contributed by atoms with Crippen molar-refractivity contribution in [3.8, 4) is 0 Å². The molecule has 0 aliphatic carbocycles. The first-order valence-corrected chi connectivity index (χ1v) is 7.37. The average molecular weight is 382 g/mol. The molecule has 13 heteroatoms. The molecule has 0 aromatic carbocycles. The lowest BCUT2D eigenvalue weighted by Crippen LogP contribution is -2.48. The van der Waals surface area contributed by atoms with Gasteiger partial charge in [-0.3, -0.25) is 9.38 Å². The Bertz CT molecular complexity index is 750. The first-order valence-electron chi connectivity index (χ1n) is 7.37. The zero-order chi connectivity index (χ0) is 19.4. The third kappa shape index (κ3) is 4.97. The summed E-state index contributed by atoms with van der Waals surface area (Å²) in [5.41, 5.74) is 0.585. The van der Waals surface area contributed by atoms with Crippen molar-refractivity contribution in [2.45, 2.75) is 18.5 Å². The molecular weight excluding hydrogens is 367 g/mol. The number of aromatic nitrogens is 4. The number of carbonyl (C=O) groups is 1. The Morgan fingerprint density at radius 2 is 2.12 bits per heavy atom. The molecule has 3 heterocycles. The SMILES string of the molecule is FC1(F)CNCC[C@@H]1CNc1cncc2nncn12.O=C(O)C(F)(F)F. The van der Waals surface area contributed by atoms with Crippen LogP contribution in [0.1, 0.15) is 6.42 Å². The van der Waals surface area contributed by atoms with Crippen molar-refractivity contribution in [2.75, 3.05) is 25.0 Å². The number of carboxylic acids is 1. The Labute approximate surface area is 143 Å². The molecule has 2 aromatic heterocycles. The van der Waals surface area contributed by atoms with Gasteiger partial charge < -0.3 is 15.7 Å². The number of fused-ring (bicyclic) bond motifs is 1. The van der Waals surface area contributed by atoms with Gasteiger partial charge in [-0.1, -0.05) is 0 Å². The molecule has 0 saturated carbocycles. The number of nitrogens with one attached hydrogen (secondary N) is 2. The molecule has 3 N–H and O–H groups in total. The van der Waals surface area contributed by atoms with Crippen LogP contribution in [0.15, 0.2) is 18.7 Å². The Balaban J connectivity index is 0.000000298. The van der Waals surface area contributed by atoms with Crippen LogP contribution in [0.3, 0.4) is 0 Å². The first-order chi connectivity index (χ1) is 12.1. The average Bonchev–Trinajstić information content (AvgIpc) is 3.02. The van der Waals surface area contributed by atoms with E-state index in [1.807, 2.05) is 0 Å². The summed E-state index contributed by atoms with van der Waals surface area (Å²) in [5, 5.41) is 20.5. The molecule has 1 aliphatic rings. The van der Waals surface area contributed by atoms with Crippen LogP contribution in [0.25, 0.3) is 5.65 Å². The van der Waals surface area contributed by atoms with Crippen LogP contribution in [-0.2, 0) is 4.79 Å². The number of anilines is 1. The number of carboxylic acid groups (broad SMARTS) is 1. The predicted octanol–water partition coefficient (Wildman–Crippen LogP) is 1.41. The standard InChI is InChI=1S/C11H14F2N6.C2HF3O2/c12-11(13)6-14-2-1-8(11)3-16-9-4-15-5-10-18-17-7-19(9)10;3-2(4,5)1(6)7/h4-5,7-8,14,16H,1-3,6H2;(H,6,7)/t8-;/m1./s1. The topological polar surface area (TPSA) is 104 Å². The summed E-state index contributed by atoms with van der Waals surface area (Å²) in [6.45, 7) is 0.569. The van der Waals surface area contributed by atoms with Gasteiger partial charge in [0.05, 0.1) is 18.9 Å². The van der Waals surface area contributed by atoms with Gasteiger partial charge in [0, 0.05) is 12.5 Å². The van der Waals surface area contributed by atoms with Gasteiger partial charge in [-0.2, -0.15) is 13.2 Å². The van der Waals surface area contributed by atoms with Gasteiger partial charge in [-0.25, -0.2) is 13.6 Å². The van der Waals surface area contributed by atoms with E-state index in [0.29, 0.717) is 24.4 Å². The summed E-state index contributed by atoms with van der Waals surface area (Å²) in [6.07, 6.45) is 0.0401. The van der Waals surface area contributed by atoms with Crippen molar-refractivity contribution in [2.24, 2.45) is 5.92 Å². The van der Waals surface area contributed by atoms with Crippen LogP contribution in [0, 0.1) is 5.92 Å². The maximum Gasteiger partial charge on any atom is 0.490 e. The van der Waals surface area contributed by atoms with Gasteiger partial charge in [0.25, 0.3) is 5.92 Å². The summed E-state index contributed by atoms with van der Waals surface area (Å²) < 4.78 is 60.8. The third-order valence-corrected chi connectivity index (χ3v) is 3.62. The third-order valence-electron chi connectivity index (χ3n) is 3.62. The van der Waals surface area contributed by atoms with Gasteiger partial charge in [0.2, 0.25) is 0 Å². The van der Waals surface area contributed by atoms with E-state index in [-0.39, 0.29) is 13.1 Å². The summed E-state index contributed by atoms with van der Waals surface area (Å²) in [7, 11) is 0. The van der Waals surface area contributed by atoms with Crippen LogP contribution < -0.4 is 10.6 Å². The van der Waals surface area contributed by atoms with Crippen LogP contribution in [0.4, 0.5) is 27.8 Å². The Morgan fingerprint density at radius 3 is 2.73 bits per heavy atom. The van der Waals surface area contributed by atoms with Crippen molar-refractivity contribution in [1.82, 2.24) is 24.9 Å². The molecule has 1 aliphatic heterocycles. The molecule has 144 valence electrons. The molecule has 0 unspecified atom stereocenters. The molecule has 26 heavy (non-hydrogen) atoms. The van der Waals surface area contributed by atoms with E-state index in [1.165, 1.54) is 6.33 Å². The molecule has 8 nitrogen and oxygen atoms in total. The largest absolute Gasteiger partial charge is 0.490 e. The second kappa shape index (κ2) is 7.76. The van der Waals surface area contributed by atoms with E-state index in [9.17, 15) is 22.0 Å². The van der Waals surface area contributed by atoms with Gasteiger partial charge >= 0.3 is 12.1 Å². The highest BCUT2D eigenvalue weighted by Gasteiger charge is 2.41. The first kappa shape index (κ1) is 19.8. The quantitative estimate of drug-likeness (QED) is 0.690. The highest BCUT2D eigenvalue weighted by Crippen LogP contribution is 2.29. The molecular formula is C13H15F5N6O2. The second-order valence-corrected chi connectivity index (χ2v) is 5.46. The zero-order valence-corrected chi connectivity index (χ0v) is 13.2. The number of rotatable bonds is 3. The number of aliphatic carboxylic acids is 1. The van der Waals surface area contributed by atoms with Gasteiger partial charge in [0.15, 0.2) is 5.65 Å². The Hall–Kier alpha value is -2.57. The van der Waals surface area contributed by atoms with Crippen LogP contribution in [-0.4, -0.2) is 62.4 Å². The van der Waals surface area contributed by atoms with Crippen LogP contribution >= 0.6 is 0 Å². The van der Waals surface area contributed by atoms with Crippen LogP contribution in [0.5, 0.6) is 0 Å². The molecule has 1 atom stereocenters. The van der Waals surface area contributed by atoms with E-state index in [2.05, 4.69) is 25.8 Å². The fourth-order valence-corrected chi connectivity index (χ4v) is 2.25. The highest BCUT2D eigenvalue weighted by molar-refractivity contribution is 5.73. The van der Waals surface area contributed by atoms with Crippen molar-refractivity contribution in [1.29, 1.82) is 0 Å². The lowest BCUT2D eigenvalue weighted by Gasteiger charge is -2.32. The molecule has 0 bridgehead atoms. The molecule has 0 radical (unpaired) electrons. The fourth-order valence-electron chi connectivity index (χ4n) is 2.25. The summed E-state index contributed by atoms with van der Waals surface area (Å²) in [4.78, 5) is 12.9. The number of alkyl halides is 5. The fraction of sp³-hybridized carbons (Fsp3) is 0.538. The summed E-state index contributed by atoms with van der Waals surface area (Å²) >= 11 is 0. The minimum absolute atomic E-state index is 0.202. The smallest absolute Gasteiger partial charge is 0.475 e. The summed E-state index contributed by atoms with van der Waals surface area (Å²) in [6, 6.07) is 0. The number of hydrogen-bond donors (Lipinski definition) is 3. The number of hydrogen-bond acceptors (Lipinski definition) is 6. The van der Waals surface area contributed by atoms with Crippen molar-refractivity contribution >= 4 is 17.4 Å². The second-order valence-electron chi connectivity index (χ2n) is 5.46. The normalized spacial score (nSPS) is 19.5. The van der Waals surface area contributed by atoms with Gasteiger partial charge in [0.1, 0.15) is 12.1 Å². The lowest BCUT2D eigenvalue weighted by molar-refractivity contribution is -0.192. The number of halogens is 5. The van der Waals surface area contributed by atoms with Gasteiger partial charge in [-0.05, 0) is 13.0 Å². The van der Waals surface area contributed by atoms with E-state index < -0.39 is 24.0 Å². The van der Waals surface area contributed by atoms with Crippen molar-refractivity contribution in [3.05, 3.63) is 18.7 Å². The molecule has 1 saturated heterocycles. The molecule has 0 spiro atoms. The van der Waals surface area contributed by atoms with E-state index >= 15 is 0 Å². The van der Waals surface area contributed by atoms with Crippen LogP contribution in [0.2, 0.25) is 0 Å². The van der Waals surface area contributed by atoms with Crippen molar-refractivity contribution < 1.29 is 31.9 Å². The highest BCUT2D eigenvalue weighted by atomic mass is 19.4.